The number of thiazole rings is 1. The van der Waals surface area contributed by atoms with Gasteiger partial charge >= 0.3 is 0 Å². The summed E-state index contributed by atoms with van der Waals surface area (Å²) in [4.78, 5) is 27.3. The maximum absolute atomic E-state index is 11.2. The number of rotatable bonds is 6. The van der Waals surface area contributed by atoms with Gasteiger partial charge in [-0.2, -0.15) is 5.26 Å². The number of thiophene rings is 1. The molecule has 0 aliphatic heterocycles. The molecule has 0 bridgehead atoms. The molecule has 4 aromatic rings. The number of nitrogens with zero attached hydrogens (tertiary/aromatic N) is 2. The zero-order valence-corrected chi connectivity index (χ0v) is 25.5. The monoisotopic (exact) mass is 592 g/mol. The van der Waals surface area contributed by atoms with E-state index >= 15 is 0 Å². The van der Waals surface area contributed by atoms with E-state index in [2.05, 4.69) is 64.0 Å². The van der Waals surface area contributed by atoms with Crippen LogP contribution in [0.3, 0.4) is 0 Å². The summed E-state index contributed by atoms with van der Waals surface area (Å²) in [7, 11) is 1.87. The fourth-order valence-electron chi connectivity index (χ4n) is 3.84. The number of carbonyl (C=O) groups excluding carboxylic acids is 2. The fraction of sp³-hybridized carbons (Fsp3) is 0.235. The number of Topliss-reactive ketones (excluding diaryl/α,β-unsaturated/α-hetero) is 1. The van der Waals surface area contributed by atoms with Gasteiger partial charge in [0.1, 0.15) is 0 Å². The minimum Gasteiger partial charge on any atom is -0.341 e. The Kier molecular flexibility index (Phi) is 12.2. The second-order valence-electron chi connectivity index (χ2n) is 9.66. The van der Waals surface area contributed by atoms with Crippen LogP contribution in [0.1, 0.15) is 58.7 Å². The van der Waals surface area contributed by atoms with Crippen LogP contribution in [0.4, 0.5) is 0 Å². The molecular formula is C34H32N4O2S2. The van der Waals surface area contributed by atoms with Crippen molar-refractivity contribution in [1.82, 2.24) is 15.6 Å². The fourth-order valence-corrected chi connectivity index (χ4v) is 5.06. The minimum absolute atomic E-state index is 0.0273. The lowest BCUT2D eigenvalue weighted by atomic mass is 9.94. The Bertz CT molecular complexity index is 1630. The first-order valence-corrected chi connectivity index (χ1v) is 15.0. The number of nitriles is 1. The number of carbonyl (C=O) groups is 2. The van der Waals surface area contributed by atoms with Gasteiger partial charge in [-0.3, -0.25) is 9.59 Å². The molecule has 1 aliphatic carbocycles. The molecule has 2 aromatic heterocycles. The van der Waals surface area contributed by atoms with Crippen molar-refractivity contribution in [3.05, 3.63) is 98.8 Å². The highest BCUT2D eigenvalue weighted by atomic mass is 32.1. The zero-order valence-electron chi connectivity index (χ0n) is 23.9. The molecule has 0 saturated heterocycles. The third-order valence-electron chi connectivity index (χ3n) is 6.42. The van der Waals surface area contributed by atoms with Crippen molar-refractivity contribution in [2.75, 3.05) is 13.6 Å². The number of benzene rings is 2. The third-order valence-corrected chi connectivity index (χ3v) is 8.03. The van der Waals surface area contributed by atoms with Crippen LogP contribution in [0.15, 0.2) is 71.6 Å². The number of amides is 1. The Morgan fingerprint density at radius 3 is 2.48 bits per heavy atom. The summed E-state index contributed by atoms with van der Waals surface area (Å²) in [5, 5.41) is 19.5. The number of hydrogen-bond acceptors (Lipinski definition) is 7. The van der Waals surface area contributed by atoms with E-state index in [9.17, 15) is 9.59 Å². The number of terminal acetylenes is 1. The summed E-state index contributed by atoms with van der Waals surface area (Å²) in [6.07, 6.45) is 9.15. The molecule has 2 N–H and O–H groups in total. The number of ketones is 1. The highest BCUT2D eigenvalue weighted by molar-refractivity contribution is 7.13. The predicted molar refractivity (Wildman–Crippen MR) is 171 cm³/mol. The average Bonchev–Trinajstić information content (AvgIpc) is 3.39. The van der Waals surface area contributed by atoms with Gasteiger partial charge in [-0.05, 0) is 90.4 Å². The van der Waals surface area contributed by atoms with Crippen LogP contribution in [0.25, 0.3) is 10.4 Å². The number of hydrogen-bond donors (Lipinski definition) is 2. The van der Waals surface area contributed by atoms with E-state index in [0.29, 0.717) is 11.0 Å². The Morgan fingerprint density at radius 1 is 1.10 bits per heavy atom. The molecule has 1 amide bonds. The molecule has 0 atom stereocenters. The predicted octanol–water partition coefficient (Wildman–Crippen LogP) is 6.19. The molecule has 0 radical (unpaired) electrons. The average molecular weight is 593 g/mol. The van der Waals surface area contributed by atoms with Gasteiger partial charge in [-0.1, -0.05) is 43.2 Å². The van der Waals surface area contributed by atoms with Crippen LogP contribution in [0.5, 0.6) is 0 Å². The van der Waals surface area contributed by atoms with Gasteiger partial charge in [0.15, 0.2) is 10.8 Å². The van der Waals surface area contributed by atoms with E-state index in [1.807, 2.05) is 36.5 Å². The van der Waals surface area contributed by atoms with Crippen LogP contribution in [-0.4, -0.2) is 30.3 Å². The Hall–Kier alpha value is -4.52. The second-order valence-corrected chi connectivity index (χ2v) is 11.5. The molecule has 2 heterocycles. The number of aromatic nitrogens is 1. The molecule has 5 rings (SSSR count). The van der Waals surface area contributed by atoms with Gasteiger partial charge < -0.3 is 10.6 Å². The van der Waals surface area contributed by atoms with Gasteiger partial charge in [0.2, 0.25) is 0 Å². The highest BCUT2D eigenvalue weighted by Crippen LogP contribution is 2.48. The summed E-state index contributed by atoms with van der Waals surface area (Å²) < 4.78 is 0. The minimum atomic E-state index is -0.478. The lowest BCUT2D eigenvalue weighted by Crippen LogP contribution is -2.21. The van der Waals surface area contributed by atoms with Crippen molar-refractivity contribution in [3.63, 3.8) is 0 Å². The van der Waals surface area contributed by atoms with Gasteiger partial charge in [0, 0.05) is 28.6 Å². The molecule has 0 unspecified atom stereocenters. The molecular weight excluding hydrogens is 561 g/mol. The van der Waals surface area contributed by atoms with Gasteiger partial charge in [-0.15, -0.1) is 29.1 Å². The summed E-state index contributed by atoms with van der Waals surface area (Å²) in [6, 6.07) is 19.8. The van der Waals surface area contributed by atoms with Crippen LogP contribution in [0, 0.1) is 35.5 Å². The van der Waals surface area contributed by atoms with Gasteiger partial charge in [0.25, 0.3) is 5.91 Å². The molecule has 6 nitrogen and oxygen atoms in total. The van der Waals surface area contributed by atoms with Crippen LogP contribution < -0.4 is 10.6 Å². The van der Waals surface area contributed by atoms with Gasteiger partial charge in [0.05, 0.1) is 18.2 Å². The zero-order chi connectivity index (χ0) is 30.4. The molecule has 1 aliphatic rings. The van der Waals surface area contributed by atoms with Gasteiger partial charge in [-0.25, -0.2) is 4.98 Å². The maximum atomic E-state index is 11.2. The SMILES string of the molecule is C#CC(=O)NCc1ccccc1C(C)=O.CC1(c2cc(C#N)cc(-c3cccs3)c2)CC1.CNCC#Cc1nccs1. The normalized spacial score (nSPS) is 11.9. The maximum Gasteiger partial charge on any atom is 0.295 e. The van der Waals surface area contributed by atoms with Crippen LogP contribution in [0.2, 0.25) is 0 Å². The molecule has 8 heteroatoms. The molecule has 1 saturated carbocycles. The Morgan fingerprint density at radius 2 is 1.88 bits per heavy atom. The smallest absolute Gasteiger partial charge is 0.295 e. The van der Waals surface area contributed by atoms with Crippen molar-refractivity contribution in [1.29, 1.82) is 5.26 Å². The summed E-state index contributed by atoms with van der Waals surface area (Å²) in [5.74, 6) is 7.29. The molecule has 1 fully saturated rings. The standard InChI is InChI=1S/C15H13NS.C12H11NO2.C7H8N2S/c1-15(4-5-15)13-8-11(10-16)7-12(9-13)14-3-2-6-17-14;1-3-12(15)13-8-10-6-4-5-7-11(10)9(2)14;1-8-4-2-3-7-9-5-6-10-7/h2-3,6-9H,4-5H2,1H3;1,4-7H,8H2,2H3,(H,13,15);5-6,8H,4H2,1H3. The van der Waals surface area contributed by atoms with Crippen molar-refractivity contribution < 1.29 is 9.59 Å². The van der Waals surface area contributed by atoms with Crippen LogP contribution >= 0.6 is 22.7 Å². The van der Waals surface area contributed by atoms with Crippen molar-refractivity contribution in [3.8, 4) is 40.7 Å². The van der Waals surface area contributed by atoms with E-state index in [0.717, 1.165) is 22.7 Å². The molecule has 42 heavy (non-hydrogen) atoms. The van der Waals surface area contributed by atoms with Crippen molar-refractivity contribution >= 4 is 34.4 Å². The van der Waals surface area contributed by atoms with Crippen molar-refractivity contribution in [2.24, 2.45) is 0 Å². The van der Waals surface area contributed by atoms with E-state index in [1.54, 1.807) is 47.1 Å². The van der Waals surface area contributed by atoms with E-state index in [1.165, 1.54) is 35.8 Å². The van der Waals surface area contributed by atoms with E-state index in [4.69, 9.17) is 11.7 Å². The number of nitrogens with one attached hydrogen (secondary N) is 2. The first kappa shape index (κ1) is 32.0. The molecule has 0 spiro atoms. The highest BCUT2D eigenvalue weighted by Gasteiger charge is 2.39. The molecule has 2 aromatic carbocycles. The second kappa shape index (κ2) is 16.1. The first-order chi connectivity index (χ1) is 20.3. The van der Waals surface area contributed by atoms with Crippen molar-refractivity contribution in [2.45, 2.75) is 38.6 Å². The van der Waals surface area contributed by atoms with E-state index in [-0.39, 0.29) is 12.3 Å². The topological polar surface area (TPSA) is 94.9 Å². The molecule has 212 valence electrons. The Labute approximate surface area is 255 Å². The van der Waals surface area contributed by atoms with Crippen LogP contribution in [-0.2, 0) is 16.8 Å². The lowest BCUT2D eigenvalue weighted by molar-refractivity contribution is -0.115. The Balaban J connectivity index is 0.000000179. The summed E-state index contributed by atoms with van der Waals surface area (Å²) in [5.41, 5.74) is 4.98. The largest absolute Gasteiger partial charge is 0.341 e. The summed E-state index contributed by atoms with van der Waals surface area (Å²) in [6.45, 7) is 4.77. The first-order valence-electron chi connectivity index (χ1n) is 13.3. The summed E-state index contributed by atoms with van der Waals surface area (Å²) >= 11 is 3.29. The quantitative estimate of drug-likeness (QED) is 0.206. The van der Waals surface area contributed by atoms with E-state index < -0.39 is 5.91 Å². The third kappa shape index (κ3) is 9.84. The lowest BCUT2D eigenvalue weighted by Gasteiger charge is -2.11.